The topological polar surface area (TPSA) is 59.4 Å². The van der Waals surface area contributed by atoms with E-state index in [0.717, 1.165) is 31.9 Å². The number of anilines is 1. The summed E-state index contributed by atoms with van der Waals surface area (Å²) in [5, 5.41) is 7.63. The van der Waals surface area contributed by atoms with Gasteiger partial charge in [0, 0.05) is 36.9 Å². The molecule has 1 aliphatic carbocycles. The average Bonchev–Trinajstić information content (AvgIpc) is 3.44. The van der Waals surface area contributed by atoms with Crippen LogP contribution in [0.5, 0.6) is 0 Å². The van der Waals surface area contributed by atoms with Gasteiger partial charge in [-0.05, 0) is 57.4 Å². The van der Waals surface area contributed by atoms with Crippen molar-refractivity contribution in [1.29, 1.82) is 0 Å². The number of nitrogens with one attached hydrogen (secondary N) is 1. The first-order valence-corrected chi connectivity index (χ1v) is 10.2. The number of amides is 1. The smallest absolute Gasteiger partial charge is 0.272 e. The molecular weight excluding hydrogens is 352 g/mol. The number of nitrogens with zero attached hydrogens (tertiary/aromatic N) is 3. The van der Waals surface area contributed by atoms with Crippen LogP contribution in [-0.2, 0) is 16.8 Å². The molecule has 0 spiro atoms. The largest absolute Gasteiger partial charge is 0.378 e. The highest BCUT2D eigenvalue weighted by Gasteiger charge is 2.32. The molecule has 0 radical (unpaired) electrons. The number of ether oxygens (including phenoxy) is 1. The highest BCUT2D eigenvalue weighted by molar-refractivity contribution is 5.92. The lowest BCUT2D eigenvalue weighted by Gasteiger charge is -2.28. The van der Waals surface area contributed by atoms with E-state index < -0.39 is 0 Å². The summed E-state index contributed by atoms with van der Waals surface area (Å²) in [6.45, 7) is 10.3. The molecule has 6 nitrogen and oxygen atoms in total. The van der Waals surface area contributed by atoms with E-state index in [0.29, 0.717) is 18.2 Å². The minimum Gasteiger partial charge on any atom is -0.378 e. The fourth-order valence-electron chi connectivity index (χ4n) is 3.63. The highest BCUT2D eigenvalue weighted by atomic mass is 16.5. The molecule has 28 heavy (non-hydrogen) atoms. The van der Waals surface area contributed by atoms with Crippen LogP contribution in [0.4, 0.5) is 5.69 Å². The van der Waals surface area contributed by atoms with Gasteiger partial charge in [-0.1, -0.05) is 12.1 Å². The van der Waals surface area contributed by atoms with Gasteiger partial charge in [-0.15, -0.1) is 0 Å². The van der Waals surface area contributed by atoms with Crippen molar-refractivity contribution in [3.05, 3.63) is 47.3 Å². The van der Waals surface area contributed by atoms with E-state index in [1.165, 1.54) is 24.2 Å². The molecule has 1 N–H and O–H groups in total. The summed E-state index contributed by atoms with van der Waals surface area (Å²) in [6, 6.07) is 10.4. The van der Waals surface area contributed by atoms with Gasteiger partial charge in [0.1, 0.15) is 5.69 Å². The summed E-state index contributed by atoms with van der Waals surface area (Å²) in [7, 11) is 0. The van der Waals surface area contributed by atoms with Crippen molar-refractivity contribution in [2.75, 3.05) is 31.2 Å². The summed E-state index contributed by atoms with van der Waals surface area (Å²) in [6.07, 6.45) is 2.39. The highest BCUT2D eigenvalue weighted by Crippen LogP contribution is 2.41. The van der Waals surface area contributed by atoms with Gasteiger partial charge in [0.2, 0.25) is 0 Å². The van der Waals surface area contributed by atoms with Crippen LogP contribution in [0.3, 0.4) is 0 Å². The second-order valence-corrected chi connectivity index (χ2v) is 8.76. The third-order valence-electron chi connectivity index (χ3n) is 5.37. The number of carbonyl (C=O) groups is 1. The van der Waals surface area contributed by atoms with E-state index in [1.54, 1.807) is 0 Å². The third-order valence-corrected chi connectivity index (χ3v) is 5.37. The number of morpholine rings is 1. The molecule has 1 amide bonds. The summed E-state index contributed by atoms with van der Waals surface area (Å²) >= 11 is 0. The van der Waals surface area contributed by atoms with Crippen LogP contribution < -0.4 is 10.2 Å². The van der Waals surface area contributed by atoms with Crippen LogP contribution in [0, 0.1) is 0 Å². The van der Waals surface area contributed by atoms with Gasteiger partial charge in [-0.25, -0.2) is 0 Å². The van der Waals surface area contributed by atoms with Crippen LogP contribution in [0.25, 0.3) is 0 Å². The molecule has 1 aliphatic heterocycles. The second kappa shape index (κ2) is 7.59. The van der Waals surface area contributed by atoms with Gasteiger partial charge >= 0.3 is 0 Å². The Hall–Kier alpha value is -2.34. The van der Waals surface area contributed by atoms with Crippen molar-refractivity contribution >= 4 is 11.6 Å². The van der Waals surface area contributed by atoms with Crippen molar-refractivity contribution in [3.63, 3.8) is 0 Å². The molecule has 0 atom stereocenters. The number of rotatable bonds is 5. The molecule has 0 bridgehead atoms. The van der Waals surface area contributed by atoms with E-state index in [4.69, 9.17) is 4.74 Å². The van der Waals surface area contributed by atoms with Crippen LogP contribution in [0.1, 0.15) is 61.3 Å². The van der Waals surface area contributed by atoms with Gasteiger partial charge in [-0.3, -0.25) is 9.48 Å². The minimum atomic E-state index is -0.119. The van der Waals surface area contributed by atoms with Crippen LogP contribution >= 0.6 is 0 Å². The summed E-state index contributed by atoms with van der Waals surface area (Å²) in [5.74, 6) is 0.447. The molecular formula is C22H30N4O2. The number of aromatic nitrogens is 2. The molecule has 1 saturated carbocycles. The zero-order valence-corrected chi connectivity index (χ0v) is 17.1. The molecule has 0 unspecified atom stereocenters. The first-order valence-electron chi connectivity index (χ1n) is 10.2. The maximum Gasteiger partial charge on any atom is 0.272 e. The van der Waals surface area contributed by atoms with E-state index >= 15 is 0 Å². The van der Waals surface area contributed by atoms with Gasteiger partial charge in [-0.2, -0.15) is 5.10 Å². The summed E-state index contributed by atoms with van der Waals surface area (Å²) in [4.78, 5) is 15.0. The normalized spacial score (nSPS) is 17.6. The van der Waals surface area contributed by atoms with Crippen LogP contribution in [0.2, 0.25) is 0 Å². The predicted octanol–water partition coefficient (Wildman–Crippen LogP) is 3.28. The molecule has 4 rings (SSSR count). The lowest BCUT2D eigenvalue weighted by atomic mass is 10.1. The Morgan fingerprint density at radius 3 is 2.46 bits per heavy atom. The Kier molecular flexibility index (Phi) is 5.15. The van der Waals surface area contributed by atoms with E-state index in [1.807, 2.05) is 10.7 Å². The van der Waals surface area contributed by atoms with Crippen molar-refractivity contribution in [2.24, 2.45) is 0 Å². The quantitative estimate of drug-likeness (QED) is 0.862. The Labute approximate surface area is 166 Å². The van der Waals surface area contributed by atoms with Crippen molar-refractivity contribution in [1.82, 2.24) is 15.1 Å². The predicted molar refractivity (Wildman–Crippen MR) is 110 cm³/mol. The maximum absolute atomic E-state index is 12.7. The number of hydrogen-bond acceptors (Lipinski definition) is 4. The monoisotopic (exact) mass is 382 g/mol. The van der Waals surface area contributed by atoms with Gasteiger partial charge in [0.25, 0.3) is 5.91 Å². The minimum absolute atomic E-state index is 0.109. The number of hydrogen-bond donors (Lipinski definition) is 1. The van der Waals surface area contributed by atoms with Gasteiger partial charge < -0.3 is 15.0 Å². The van der Waals surface area contributed by atoms with Crippen LogP contribution in [0.15, 0.2) is 30.3 Å². The van der Waals surface area contributed by atoms with E-state index in [9.17, 15) is 4.79 Å². The Morgan fingerprint density at radius 2 is 1.86 bits per heavy atom. The van der Waals surface area contributed by atoms with Crippen molar-refractivity contribution < 1.29 is 9.53 Å². The Balaban J connectivity index is 1.39. The Morgan fingerprint density at radius 1 is 1.18 bits per heavy atom. The van der Waals surface area contributed by atoms with Gasteiger partial charge in [0.15, 0.2) is 0 Å². The zero-order valence-electron chi connectivity index (χ0n) is 17.1. The fraction of sp³-hybridized carbons (Fsp3) is 0.545. The lowest BCUT2D eigenvalue weighted by Crippen LogP contribution is -2.36. The molecule has 6 heteroatoms. The van der Waals surface area contributed by atoms with Crippen molar-refractivity contribution in [2.45, 2.75) is 51.6 Å². The molecule has 2 aliphatic rings. The lowest BCUT2D eigenvalue weighted by molar-refractivity contribution is 0.0944. The standard InChI is InChI=1S/C22H30N4O2/c1-22(2,3)26-20(17-6-7-17)14-19(24-26)21(27)23-15-16-4-8-18(9-5-16)25-10-12-28-13-11-25/h4-5,8-9,14,17H,6-7,10-13,15H2,1-3H3,(H,23,27). The molecule has 2 fully saturated rings. The van der Waals surface area contributed by atoms with Crippen molar-refractivity contribution in [3.8, 4) is 0 Å². The molecule has 1 aromatic carbocycles. The second-order valence-electron chi connectivity index (χ2n) is 8.76. The summed E-state index contributed by atoms with van der Waals surface area (Å²) in [5.41, 5.74) is 3.87. The number of carbonyl (C=O) groups excluding carboxylic acids is 1. The first-order chi connectivity index (χ1) is 13.4. The van der Waals surface area contributed by atoms with Crippen LogP contribution in [-0.4, -0.2) is 42.0 Å². The van der Waals surface area contributed by atoms with Gasteiger partial charge in [0.05, 0.1) is 18.8 Å². The first kappa shape index (κ1) is 19.0. The SMILES string of the molecule is CC(C)(C)n1nc(C(=O)NCc2ccc(N3CCOCC3)cc2)cc1C1CC1. The van der Waals surface area contributed by atoms with E-state index in [2.05, 4.69) is 60.4 Å². The zero-order chi connectivity index (χ0) is 19.7. The molecule has 2 aromatic rings. The number of benzene rings is 1. The molecule has 1 saturated heterocycles. The fourth-order valence-corrected chi connectivity index (χ4v) is 3.63. The average molecular weight is 383 g/mol. The maximum atomic E-state index is 12.7. The third kappa shape index (κ3) is 4.22. The molecule has 150 valence electrons. The molecule has 1 aromatic heterocycles. The van der Waals surface area contributed by atoms with E-state index in [-0.39, 0.29) is 11.4 Å². The molecule has 2 heterocycles. The summed E-state index contributed by atoms with van der Waals surface area (Å²) < 4.78 is 7.43. The Bertz CT molecular complexity index is 825.